The van der Waals surface area contributed by atoms with Crippen LogP contribution in [0.2, 0.25) is 0 Å². The molecule has 0 amide bonds. The van der Waals surface area contributed by atoms with Gasteiger partial charge in [0.2, 0.25) is 0 Å². The highest BCUT2D eigenvalue weighted by Crippen LogP contribution is 2.29. The molecule has 17 heavy (non-hydrogen) atoms. The van der Waals surface area contributed by atoms with E-state index in [-0.39, 0.29) is 11.4 Å². The second-order valence-electron chi connectivity index (χ2n) is 5.60. The van der Waals surface area contributed by atoms with E-state index in [0.717, 1.165) is 38.0 Å². The third-order valence-electron chi connectivity index (χ3n) is 3.29. The first kappa shape index (κ1) is 12.4. The summed E-state index contributed by atoms with van der Waals surface area (Å²) in [6.45, 7) is 6.07. The maximum absolute atomic E-state index is 13.2. The van der Waals surface area contributed by atoms with Gasteiger partial charge in [-0.25, -0.2) is 4.39 Å². The summed E-state index contributed by atoms with van der Waals surface area (Å²) in [5.74, 6) is -0.144. The van der Waals surface area contributed by atoms with Crippen molar-refractivity contribution >= 4 is 5.69 Å². The van der Waals surface area contributed by atoms with Crippen LogP contribution in [0.3, 0.4) is 0 Å². The number of anilines is 1. The number of hydrogen-bond acceptors (Lipinski definition) is 2. The van der Waals surface area contributed by atoms with E-state index in [2.05, 4.69) is 4.90 Å². The van der Waals surface area contributed by atoms with Crippen molar-refractivity contribution in [3.63, 3.8) is 0 Å². The summed E-state index contributed by atoms with van der Waals surface area (Å²) in [5.41, 5.74) is 8.19. The van der Waals surface area contributed by atoms with E-state index in [1.807, 2.05) is 19.9 Å². The van der Waals surface area contributed by atoms with E-state index < -0.39 is 0 Å². The van der Waals surface area contributed by atoms with Gasteiger partial charge in [0, 0.05) is 24.3 Å². The molecule has 0 aliphatic carbocycles. The molecule has 1 aromatic rings. The summed E-state index contributed by atoms with van der Waals surface area (Å²) in [5, 5.41) is 0. The monoisotopic (exact) mass is 236 g/mol. The van der Waals surface area contributed by atoms with Gasteiger partial charge in [0.1, 0.15) is 5.82 Å². The smallest absolute Gasteiger partial charge is 0.125 e. The summed E-state index contributed by atoms with van der Waals surface area (Å²) < 4.78 is 13.2. The average Bonchev–Trinajstić information content (AvgIpc) is 2.59. The van der Waals surface area contributed by atoms with Crippen molar-refractivity contribution < 1.29 is 4.39 Å². The molecule has 1 aliphatic heterocycles. The molecule has 0 unspecified atom stereocenters. The summed E-state index contributed by atoms with van der Waals surface area (Å²) in [4.78, 5) is 2.27. The molecule has 3 heteroatoms. The number of benzene rings is 1. The molecular formula is C14H21FN2. The Bertz CT molecular complexity index is 396. The van der Waals surface area contributed by atoms with Crippen LogP contribution >= 0.6 is 0 Å². The van der Waals surface area contributed by atoms with Gasteiger partial charge in [-0.2, -0.15) is 0 Å². The van der Waals surface area contributed by atoms with Gasteiger partial charge in [0.05, 0.1) is 0 Å². The molecule has 0 atom stereocenters. The molecule has 0 fully saturated rings. The Morgan fingerprint density at radius 3 is 2.88 bits per heavy atom. The summed E-state index contributed by atoms with van der Waals surface area (Å²) in [7, 11) is 0. The van der Waals surface area contributed by atoms with Crippen LogP contribution in [0.5, 0.6) is 0 Å². The van der Waals surface area contributed by atoms with E-state index in [1.54, 1.807) is 12.1 Å². The molecule has 1 aliphatic rings. The molecule has 0 bridgehead atoms. The minimum Gasteiger partial charge on any atom is -0.371 e. The Morgan fingerprint density at radius 2 is 2.18 bits per heavy atom. The molecule has 0 saturated carbocycles. The van der Waals surface area contributed by atoms with Crippen molar-refractivity contribution in [1.29, 1.82) is 0 Å². The Hall–Kier alpha value is -1.09. The molecule has 0 aromatic heterocycles. The topological polar surface area (TPSA) is 29.3 Å². The van der Waals surface area contributed by atoms with Gasteiger partial charge < -0.3 is 10.6 Å². The zero-order chi connectivity index (χ0) is 12.5. The predicted octanol–water partition coefficient (Wildman–Crippen LogP) is 2.71. The third kappa shape index (κ3) is 3.19. The Labute approximate surface area is 103 Å². The first-order valence-corrected chi connectivity index (χ1v) is 6.28. The average molecular weight is 236 g/mol. The summed E-state index contributed by atoms with van der Waals surface area (Å²) in [6, 6.07) is 5.10. The van der Waals surface area contributed by atoms with Crippen LogP contribution in [0.15, 0.2) is 18.2 Å². The summed E-state index contributed by atoms with van der Waals surface area (Å²) >= 11 is 0. The van der Waals surface area contributed by atoms with Gasteiger partial charge in [-0.3, -0.25) is 0 Å². The fourth-order valence-electron chi connectivity index (χ4n) is 2.38. The molecule has 0 radical (unpaired) electrons. The van der Waals surface area contributed by atoms with E-state index in [4.69, 9.17) is 5.73 Å². The quantitative estimate of drug-likeness (QED) is 0.871. The minimum atomic E-state index is -0.144. The zero-order valence-electron chi connectivity index (χ0n) is 10.7. The number of hydrogen-bond donors (Lipinski definition) is 1. The van der Waals surface area contributed by atoms with Crippen molar-refractivity contribution in [2.24, 2.45) is 5.73 Å². The highest BCUT2D eigenvalue weighted by molar-refractivity contribution is 5.58. The minimum absolute atomic E-state index is 0.107. The van der Waals surface area contributed by atoms with Gasteiger partial charge in [0.15, 0.2) is 0 Å². The van der Waals surface area contributed by atoms with Crippen molar-refractivity contribution in [2.75, 3.05) is 18.0 Å². The van der Waals surface area contributed by atoms with Crippen molar-refractivity contribution in [3.05, 3.63) is 29.6 Å². The van der Waals surface area contributed by atoms with Crippen LogP contribution in [0, 0.1) is 5.82 Å². The van der Waals surface area contributed by atoms with Gasteiger partial charge in [-0.15, -0.1) is 0 Å². The second kappa shape index (κ2) is 4.65. The molecule has 1 aromatic carbocycles. The molecule has 2 N–H and O–H groups in total. The third-order valence-corrected chi connectivity index (χ3v) is 3.29. The summed E-state index contributed by atoms with van der Waals surface area (Å²) in [6.07, 6.45) is 3.08. The molecule has 0 spiro atoms. The van der Waals surface area contributed by atoms with Gasteiger partial charge >= 0.3 is 0 Å². The maximum Gasteiger partial charge on any atom is 0.125 e. The van der Waals surface area contributed by atoms with Crippen LogP contribution < -0.4 is 10.6 Å². The van der Waals surface area contributed by atoms with Crippen molar-refractivity contribution in [3.8, 4) is 0 Å². The standard InChI is InChI=1S/C14H21FN2/c1-14(2,16)7-3-8-17-9-6-11-4-5-12(15)10-13(11)17/h4-5,10H,3,6-9,16H2,1-2H3. The van der Waals surface area contributed by atoms with E-state index in [1.165, 1.54) is 5.56 Å². The zero-order valence-corrected chi connectivity index (χ0v) is 10.7. The van der Waals surface area contributed by atoms with Crippen molar-refractivity contribution in [2.45, 2.75) is 38.6 Å². The number of rotatable bonds is 4. The van der Waals surface area contributed by atoms with Crippen LogP contribution in [0.25, 0.3) is 0 Å². The molecule has 2 nitrogen and oxygen atoms in total. The highest BCUT2D eigenvalue weighted by atomic mass is 19.1. The lowest BCUT2D eigenvalue weighted by Crippen LogP contribution is -2.33. The normalized spacial score (nSPS) is 15.2. The molecule has 94 valence electrons. The van der Waals surface area contributed by atoms with E-state index >= 15 is 0 Å². The lowest BCUT2D eigenvalue weighted by atomic mass is 10.00. The Kier molecular flexibility index (Phi) is 3.38. The number of nitrogens with two attached hydrogens (primary N) is 1. The molecule has 1 heterocycles. The number of halogens is 1. The van der Waals surface area contributed by atoms with Gasteiger partial charge in [0.25, 0.3) is 0 Å². The maximum atomic E-state index is 13.2. The van der Waals surface area contributed by atoms with Crippen molar-refractivity contribution in [1.82, 2.24) is 0 Å². The second-order valence-corrected chi connectivity index (χ2v) is 5.60. The Balaban J connectivity index is 1.95. The van der Waals surface area contributed by atoms with E-state index in [0.29, 0.717) is 0 Å². The molecule has 2 rings (SSSR count). The number of fused-ring (bicyclic) bond motifs is 1. The molecule has 0 saturated heterocycles. The predicted molar refractivity (Wildman–Crippen MR) is 69.8 cm³/mol. The Morgan fingerprint density at radius 1 is 1.41 bits per heavy atom. The number of nitrogens with zero attached hydrogens (tertiary/aromatic N) is 1. The van der Waals surface area contributed by atoms with E-state index in [9.17, 15) is 4.39 Å². The largest absolute Gasteiger partial charge is 0.371 e. The lowest BCUT2D eigenvalue weighted by molar-refractivity contribution is 0.459. The van der Waals surface area contributed by atoms with Gasteiger partial charge in [-0.05, 0) is 50.8 Å². The fourth-order valence-corrected chi connectivity index (χ4v) is 2.38. The van der Waals surface area contributed by atoms with Crippen LogP contribution in [0.4, 0.5) is 10.1 Å². The first-order valence-electron chi connectivity index (χ1n) is 6.28. The molecular weight excluding hydrogens is 215 g/mol. The lowest BCUT2D eigenvalue weighted by Gasteiger charge is -2.23. The highest BCUT2D eigenvalue weighted by Gasteiger charge is 2.20. The van der Waals surface area contributed by atoms with Crippen LogP contribution in [-0.4, -0.2) is 18.6 Å². The van der Waals surface area contributed by atoms with Crippen LogP contribution in [0.1, 0.15) is 32.3 Å². The fraction of sp³-hybridized carbons (Fsp3) is 0.571. The van der Waals surface area contributed by atoms with Gasteiger partial charge in [-0.1, -0.05) is 6.07 Å². The van der Waals surface area contributed by atoms with Crippen LogP contribution in [-0.2, 0) is 6.42 Å². The first-order chi connectivity index (χ1) is 7.96. The SMILES string of the molecule is CC(C)(N)CCCN1CCc2ccc(F)cc21.